The van der Waals surface area contributed by atoms with Crippen molar-refractivity contribution in [3.05, 3.63) is 97.2 Å². The Bertz CT molecular complexity index is 1440. The van der Waals surface area contributed by atoms with Crippen molar-refractivity contribution in [3.8, 4) is 0 Å². The van der Waals surface area contributed by atoms with Gasteiger partial charge in [-0.1, -0.05) is 266 Å². The van der Waals surface area contributed by atoms with Gasteiger partial charge in [-0.05, 0) is 103 Å². The molecule has 6 nitrogen and oxygen atoms in total. The van der Waals surface area contributed by atoms with Crippen molar-refractivity contribution in [1.29, 1.82) is 0 Å². The van der Waals surface area contributed by atoms with Crippen molar-refractivity contribution in [1.82, 2.24) is 0 Å². The van der Waals surface area contributed by atoms with Crippen molar-refractivity contribution < 1.29 is 28.6 Å². The maximum absolute atomic E-state index is 12.9. The molecule has 0 aromatic carbocycles. The fourth-order valence-corrected chi connectivity index (χ4v) is 8.48. The van der Waals surface area contributed by atoms with Crippen molar-refractivity contribution >= 4 is 17.9 Å². The molecule has 0 saturated carbocycles. The zero-order valence-electron chi connectivity index (χ0n) is 47.9. The highest BCUT2D eigenvalue weighted by Crippen LogP contribution is 2.15. The molecule has 418 valence electrons. The molecule has 0 spiro atoms. The molecule has 0 saturated heterocycles. The molecule has 0 aliphatic heterocycles. The van der Waals surface area contributed by atoms with Gasteiger partial charge in [-0.2, -0.15) is 0 Å². The molecule has 0 aromatic rings. The Labute approximate surface area is 451 Å². The van der Waals surface area contributed by atoms with Gasteiger partial charge in [-0.25, -0.2) is 0 Å². The van der Waals surface area contributed by atoms with Crippen LogP contribution in [0.15, 0.2) is 97.2 Å². The second kappa shape index (κ2) is 60.9. The number of ether oxygens (including phenoxy) is 3. The van der Waals surface area contributed by atoms with Crippen LogP contribution in [0.5, 0.6) is 0 Å². The quantitative estimate of drug-likeness (QED) is 0.0261. The van der Waals surface area contributed by atoms with Crippen LogP contribution in [0.2, 0.25) is 0 Å². The van der Waals surface area contributed by atoms with Gasteiger partial charge in [-0.3, -0.25) is 14.4 Å². The molecule has 0 heterocycles. The van der Waals surface area contributed by atoms with Crippen LogP contribution in [0.25, 0.3) is 0 Å². The van der Waals surface area contributed by atoms with E-state index in [2.05, 4.69) is 106 Å². The highest BCUT2D eigenvalue weighted by Gasteiger charge is 2.19. The predicted molar refractivity (Wildman–Crippen MR) is 316 cm³/mol. The van der Waals surface area contributed by atoms with Crippen LogP contribution < -0.4 is 0 Å². The third-order valence-electron chi connectivity index (χ3n) is 13.1. The van der Waals surface area contributed by atoms with Gasteiger partial charge in [0.15, 0.2) is 6.10 Å². The summed E-state index contributed by atoms with van der Waals surface area (Å²) >= 11 is 0. The lowest BCUT2D eigenvalue weighted by molar-refractivity contribution is -0.166. The molecule has 1 atom stereocenters. The van der Waals surface area contributed by atoms with Gasteiger partial charge in [0, 0.05) is 12.8 Å². The third-order valence-corrected chi connectivity index (χ3v) is 13.1. The number of allylic oxidation sites excluding steroid dienone is 15. The molecule has 0 aliphatic carbocycles. The summed E-state index contributed by atoms with van der Waals surface area (Å²) in [6.45, 7) is 6.43. The number of carbonyl (C=O) groups excluding carboxylic acids is 3. The maximum Gasteiger partial charge on any atom is 0.309 e. The summed E-state index contributed by atoms with van der Waals surface area (Å²) in [5, 5.41) is 0. The van der Waals surface area contributed by atoms with Crippen molar-refractivity contribution in [3.63, 3.8) is 0 Å². The van der Waals surface area contributed by atoms with Crippen LogP contribution in [0.4, 0.5) is 0 Å². The molecule has 0 aromatic heterocycles. The van der Waals surface area contributed by atoms with Gasteiger partial charge in [-0.15, -0.1) is 0 Å². The lowest BCUT2D eigenvalue weighted by Crippen LogP contribution is -2.30. The summed E-state index contributed by atoms with van der Waals surface area (Å²) in [4.78, 5) is 38.2. The summed E-state index contributed by atoms with van der Waals surface area (Å²) < 4.78 is 16.8. The molecule has 0 bridgehead atoms. The van der Waals surface area contributed by atoms with E-state index in [-0.39, 0.29) is 31.6 Å². The maximum atomic E-state index is 12.9. The number of rotatable bonds is 55. The minimum absolute atomic E-state index is 0.110. The van der Waals surface area contributed by atoms with E-state index in [1.807, 2.05) is 6.08 Å². The van der Waals surface area contributed by atoms with Gasteiger partial charge >= 0.3 is 17.9 Å². The Kier molecular flexibility index (Phi) is 57.8. The average molecular weight is 1020 g/mol. The SMILES string of the molecule is CC/C=C\C/C=C\C/C=C\C/C=C\C/C=C\CC(=O)OCC(COC(=O)CCCCCCCCCCC/C=C\CCCCCCCCCC)OC(=O)CCCCCCCCCCC/C=C\C/C=C\CCCCC. The molecule has 0 rings (SSSR count). The molecule has 1 unspecified atom stereocenters. The van der Waals surface area contributed by atoms with E-state index in [1.165, 1.54) is 173 Å². The Morgan fingerprint density at radius 1 is 0.301 bits per heavy atom. The zero-order valence-corrected chi connectivity index (χ0v) is 47.9. The smallest absolute Gasteiger partial charge is 0.309 e. The van der Waals surface area contributed by atoms with Gasteiger partial charge < -0.3 is 14.2 Å². The minimum Gasteiger partial charge on any atom is -0.462 e. The third kappa shape index (κ3) is 59.1. The summed E-state index contributed by atoms with van der Waals surface area (Å²) in [6, 6.07) is 0. The summed E-state index contributed by atoms with van der Waals surface area (Å²) in [6.07, 6.45) is 81.5. The van der Waals surface area contributed by atoms with E-state index < -0.39 is 12.1 Å². The van der Waals surface area contributed by atoms with Crippen molar-refractivity contribution in [2.75, 3.05) is 13.2 Å². The number of carbonyl (C=O) groups is 3. The molecule has 0 N–H and O–H groups in total. The summed E-state index contributed by atoms with van der Waals surface area (Å²) in [5.41, 5.74) is 0. The first kappa shape index (κ1) is 69.3. The monoisotopic (exact) mass is 1010 g/mol. The molecular weight excluding hydrogens is 901 g/mol. The number of unbranched alkanes of at least 4 members (excludes halogenated alkanes) is 29. The summed E-state index contributed by atoms with van der Waals surface area (Å²) in [7, 11) is 0. The number of esters is 3. The van der Waals surface area contributed by atoms with Gasteiger partial charge in [0.25, 0.3) is 0 Å². The van der Waals surface area contributed by atoms with Crippen LogP contribution in [-0.4, -0.2) is 37.2 Å². The van der Waals surface area contributed by atoms with Crippen LogP contribution in [0.3, 0.4) is 0 Å². The van der Waals surface area contributed by atoms with Gasteiger partial charge in [0.05, 0.1) is 6.42 Å². The van der Waals surface area contributed by atoms with Gasteiger partial charge in [0.2, 0.25) is 0 Å². The molecule has 0 aliphatic rings. The van der Waals surface area contributed by atoms with Crippen molar-refractivity contribution in [2.24, 2.45) is 0 Å². The molecule has 0 radical (unpaired) electrons. The van der Waals surface area contributed by atoms with E-state index in [4.69, 9.17) is 14.2 Å². The van der Waals surface area contributed by atoms with Gasteiger partial charge in [0.1, 0.15) is 13.2 Å². The average Bonchev–Trinajstić information content (AvgIpc) is 3.39. The lowest BCUT2D eigenvalue weighted by atomic mass is 10.1. The normalized spacial score (nSPS) is 12.8. The Balaban J connectivity index is 4.44. The fraction of sp³-hybridized carbons (Fsp3) is 0.716. The molecule has 6 heteroatoms. The second-order valence-electron chi connectivity index (χ2n) is 20.2. The largest absolute Gasteiger partial charge is 0.462 e. The fourth-order valence-electron chi connectivity index (χ4n) is 8.48. The summed E-state index contributed by atoms with van der Waals surface area (Å²) in [5.74, 6) is -1.04. The lowest BCUT2D eigenvalue weighted by Gasteiger charge is -2.18. The van der Waals surface area contributed by atoms with E-state index in [1.54, 1.807) is 6.08 Å². The Morgan fingerprint density at radius 3 is 1.00 bits per heavy atom. The first-order valence-corrected chi connectivity index (χ1v) is 30.7. The van der Waals surface area contributed by atoms with Crippen LogP contribution in [-0.2, 0) is 28.6 Å². The van der Waals surface area contributed by atoms with E-state index in [0.29, 0.717) is 12.8 Å². The minimum atomic E-state index is -0.822. The molecule has 0 amide bonds. The molecule has 73 heavy (non-hydrogen) atoms. The van der Waals surface area contributed by atoms with E-state index >= 15 is 0 Å². The number of hydrogen-bond donors (Lipinski definition) is 0. The van der Waals surface area contributed by atoms with Crippen LogP contribution in [0.1, 0.15) is 290 Å². The highest BCUT2D eigenvalue weighted by molar-refractivity contribution is 5.72. The molecular formula is C67H114O6. The standard InChI is InChI=1S/C67H114O6/c1-4-7-10-13-16-19-22-25-28-30-32-33-35-36-39-42-45-48-51-54-57-60-66(69)72-63-64(62-71-65(68)59-56-53-50-47-44-41-38-27-24-21-18-15-12-9-6-3)73-67(70)61-58-55-52-49-46-43-40-37-34-31-29-26-23-20-17-14-11-8-5-2/h9,12,17-18,20-21,26-27,29-30,32,38,44,47,53,56,64H,4-8,10-11,13-16,19,22-25,28,31,33-37,39-43,45-46,48-52,54-55,57-63H2,1-3H3/b12-9-,20-17-,21-18-,29-26-,32-30-,38-27-,47-44-,56-53-. The van der Waals surface area contributed by atoms with Crippen LogP contribution >= 0.6 is 0 Å². The first-order valence-electron chi connectivity index (χ1n) is 30.7. The first-order chi connectivity index (χ1) is 36.0. The molecule has 0 fully saturated rings. The van der Waals surface area contributed by atoms with E-state index in [0.717, 1.165) is 77.0 Å². The van der Waals surface area contributed by atoms with Crippen LogP contribution in [0, 0.1) is 0 Å². The predicted octanol–water partition coefficient (Wildman–Crippen LogP) is 20.9. The number of hydrogen-bond acceptors (Lipinski definition) is 6. The Morgan fingerprint density at radius 2 is 0.589 bits per heavy atom. The topological polar surface area (TPSA) is 78.9 Å². The zero-order chi connectivity index (χ0) is 52.9. The highest BCUT2D eigenvalue weighted by atomic mass is 16.6. The van der Waals surface area contributed by atoms with Crippen molar-refractivity contribution in [2.45, 2.75) is 297 Å². The van der Waals surface area contributed by atoms with E-state index in [9.17, 15) is 14.4 Å². The Hall–Kier alpha value is -3.67. The second-order valence-corrected chi connectivity index (χ2v) is 20.2.